The number of rotatable bonds is 6. The Balaban J connectivity index is 1.72. The minimum atomic E-state index is -0.572. The van der Waals surface area contributed by atoms with Gasteiger partial charge in [0.2, 0.25) is 0 Å². The predicted octanol–water partition coefficient (Wildman–Crippen LogP) is 7.45. The van der Waals surface area contributed by atoms with Gasteiger partial charge in [0.15, 0.2) is 0 Å². The fourth-order valence-electron chi connectivity index (χ4n) is 3.29. The fourth-order valence-corrected chi connectivity index (χ4v) is 3.29. The molecule has 2 heteroatoms. The molecule has 162 valence electrons. The number of halogens is 2. The first-order chi connectivity index (χ1) is 15.6. The summed E-state index contributed by atoms with van der Waals surface area (Å²) < 4.78 is 29.0. The van der Waals surface area contributed by atoms with Crippen molar-refractivity contribution in [2.75, 3.05) is 0 Å². The Morgan fingerprint density at radius 1 is 0.562 bits per heavy atom. The van der Waals surface area contributed by atoms with Gasteiger partial charge in [-0.15, -0.1) is 0 Å². The Bertz CT molecular complexity index is 1050. The van der Waals surface area contributed by atoms with Crippen LogP contribution in [0.3, 0.4) is 0 Å². The van der Waals surface area contributed by atoms with Gasteiger partial charge in [0.05, 0.1) is 11.1 Å². The van der Waals surface area contributed by atoms with Crippen LogP contribution in [0.2, 0.25) is 0 Å². The minimum Gasteiger partial charge on any atom is -0.206 e. The number of hydrogen-bond acceptors (Lipinski definition) is 0. The number of hydrogen-bond donors (Lipinski definition) is 0. The zero-order valence-electron chi connectivity index (χ0n) is 18.8. The molecule has 3 aromatic carbocycles. The first-order valence-electron chi connectivity index (χ1n) is 11.3. The van der Waals surface area contributed by atoms with Crippen molar-refractivity contribution in [3.63, 3.8) is 0 Å². The maximum Gasteiger partial charge on any atom is 0.140 e. The molecule has 3 rings (SSSR count). The molecule has 0 heterocycles. The molecule has 0 spiro atoms. The molecule has 0 aliphatic rings. The molecule has 0 atom stereocenters. The molecular formula is C30H28F2. The molecule has 0 radical (unpaired) electrons. The lowest BCUT2D eigenvalue weighted by atomic mass is 10.1. The lowest BCUT2D eigenvalue weighted by Gasteiger charge is -2.01. The summed E-state index contributed by atoms with van der Waals surface area (Å²) >= 11 is 0. The third kappa shape index (κ3) is 6.83. The molecule has 0 aliphatic heterocycles. The SMILES string of the molecule is CCCCc1ccc(C#Cc2cc(F)c(C#Cc3ccc(CCCC)cc3)cc2F)cc1. The standard InChI is InChI=1S/C30H28F2/c1-3-5-7-23-9-13-25(14-10-23)17-19-27-21-30(32)28(22-29(27)31)20-18-26-15-11-24(12-16-26)8-6-4-2/h9-16,21-22H,3-8H2,1-2H3. The second kappa shape index (κ2) is 11.9. The fraction of sp³-hybridized carbons (Fsp3) is 0.267. The molecule has 0 nitrogen and oxygen atoms in total. The minimum absolute atomic E-state index is 0.0309. The molecule has 0 bridgehead atoms. The topological polar surface area (TPSA) is 0 Å². The summed E-state index contributed by atoms with van der Waals surface area (Å²) in [7, 11) is 0. The Morgan fingerprint density at radius 2 is 0.938 bits per heavy atom. The Labute approximate surface area is 190 Å². The van der Waals surface area contributed by atoms with Crippen LogP contribution in [-0.4, -0.2) is 0 Å². The third-order valence-electron chi connectivity index (χ3n) is 5.29. The van der Waals surface area contributed by atoms with Crippen LogP contribution < -0.4 is 0 Å². The van der Waals surface area contributed by atoms with Crippen LogP contribution >= 0.6 is 0 Å². The molecule has 0 fully saturated rings. The van der Waals surface area contributed by atoms with Crippen molar-refractivity contribution < 1.29 is 8.78 Å². The van der Waals surface area contributed by atoms with Gasteiger partial charge in [-0.3, -0.25) is 0 Å². The van der Waals surface area contributed by atoms with Gasteiger partial charge in [0.1, 0.15) is 11.6 Å². The highest BCUT2D eigenvalue weighted by molar-refractivity contribution is 5.49. The quantitative estimate of drug-likeness (QED) is 0.359. The van der Waals surface area contributed by atoms with Gasteiger partial charge in [0, 0.05) is 11.1 Å². The average molecular weight is 427 g/mol. The third-order valence-corrected chi connectivity index (χ3v) is 5.29. The first-order valence-corrected chi connectivity index (χ1v) is 11.3. The average Bonchev–Trinajstić information content (AvgIpc) is 2.82. The monoisotopic (exact) mass is 426 g/mol. The summed E-state index contributed by atoms with van der Waals surface area (Å²) in [6.45, 7) is 4.33. The van der Waals surface area contributed by atoms with E-state index >= 15 is 0 Å². The highest BCUT2D eigenvalue weighted by Crippen LogP contribution is 2.15. The van der Waals surface area contributed by atoms with Crippen molar-refractivity contribution in [1.82, 2.24) is 0 Å². The number of aryl methyl sites for hydroxylation is 2. The molecule has 0 aliphatic carbocycles. The van der Waals surface area contributed by atoms with Crippen LogP contribution in [0.4, 0.5) is 8.78 Å². The first kappa shape index (κ1) is 23.3. The molecule has 0 amide bonds. The van der Waals surface area contributed by atoms with Gasteiger partial charge >= 0.3 is 0 Å². The van der Waals surface area contributed by atoms with E-state index in [1.165, 1.54) is 11.1 Å². The van der Waals surface area contributed by atoms with E-state index in [-0.39, 0.29) is 11.1 Å². The van der Waals surface area contributed by atoms with Crippen LogP contribution in [0.15, 0.2) is 60.7 Å². The van der Waals surface area contributed by atoms with Gasteiger partial charge < -0.3 is 0 Å². The Kier molecular flexibility index (Phi) is 8.65. The second-order valence-corrected chi connectivity index (χ2v) is 7.91. The van der Waals surface area contributed by atoms with Crippen LogP contribution in [0, 0.1) is 35.3 Å². The largest absolute Gasteiger partial charge is 0.206 e. The highest BCUT2D eigenvalue weighted by atomic mass is 19.1. The van der Waals surface area contributed by atoms with Crippen molar-refractivity contribution in [1.29, 1.82) is 0 Å². The van der Waals surface area contributed by atoms with Crippen molar-refractivity contribution in [2.45, 2.75) is 52.4 Å². The molecule has 32 heavy (non-hydrogen) atoms. The van der Waals surface area contributed by atoms with E-state index in [2.05, 4.69) is 37.5 Å². The van der Waals surface area contributed by atoms with Gasteiger partial charge in [-0.25, -0.2) is 8.78 Å². The summed E-state index contributed by atoms with van der Waals surface area (Å²) in [4.78, 5) is 0. The van der Waals surface area contributed by atoms with Gasteiger partial charge in [-0.2, -0.15) is 0 Å². The predicted molar refractivity (Wildman–Crippen MR) is 128 cm³/mol. The van der Waals surface area contributed by atoms with Crippen molar-refractivity contribution >= 4 is 0 Å². The molecular weight excluding hydrogens is 398 g/mol. The second-order valence-electron chi connectivity index (χ2n) is 7.91. The lowest BCUT2D eigenvalue weighted by molar-refractivity contribution is 0.594. The summed E-state index contributed by atoms with van der Waals surface area (Å²) in [6.07, 6.45) is 6.67. The summed E-state index contributed by atoms with van der Waals surface area (Å²) in [5.41, 5.74) is 4.13. The van der Waals surface area contributed by atoms with E-state index in [0.717, 1.165) is 61.8 Å². The highest BCUT2D eigenvalue weighted by Gasteiger charge is 2.07. The van der Waals surface area contributed by atoms with Crippen molar-refractivity contribution in [3.05, 3.63) is 106 Å². The molecule has 0 unspecified atom stereocenters. The molecule has 0 aromatic heterocycles. The Morgan fingerprint density at radius 3 is 1.28 bits per heavy atom. The smallest absolute Gasteiger partial charge is 0.140 e. The van der Waals surface area contributed by atoms with E-state index in [9.17, 15) is 8.78 Å². The normalized spacial score (nSPS) is 10.1. The maximum absolute atomic E-state index is 14.5. The molecule has 0 saturated carbocycles. The van der Waals surface area contributed by atoms with Crippen molar-refractivity contribution in [3.8, 4) is 23.7 Å². The van der Waals surface area contributed by atoms with E-state index < -0.39 is 11.6 Å². The van der Waals surface area contributed by atoms with E-state index in [4.69, 9.17) is 0 Å². The molecule has 3 aromatic rings. The van der Waals surface area contributed by atoms with Crippen LogP contribution in [0.25, 0.3) is 0 Å². The summed E-state index contributed by atoms with van der Waals surface area (Å²) in [5.74, 6) is 10.2. The maximum atomic E-state index is 14.5. The van der Waals surface area contributed by atoms with Gasteiger partial charge in [-0.1, -0.05) is 74.6 Å². The van der Waals surface area contributed by atoms with Gasteiger partial charge in [-0.05, 0) is 73.2 Å². The van der Waals surface area contributed by atoms with Crippen LogP contribution in [0.5, 0.6) is 0 Å². The van der Waals surface area contributed by atoms with Gasteiger partial charge in [0.25, 0.3) is 0 Å². The summed E-state index contributed by atoms with van der Waals surface area (Å²) in [5, 5.41) is 0. The summed E-state index contributed by atoms with van der Waals surface area (Å²) in [6, 6.07) is 18.0. The van der Waals surface area contributed by atoms with Crippen LogP contribution in [0.1, 0.15) is 72.9 Å². The van der Waals surface area contributed by atoms with Crippen LogP contribution in [-0.2, 0) is 12.8 Å². The zero-order valence-corrected chi connectivity index (χ0v) is 18.8. The number of unbranched alkanes of at least 4 members (excludes halogenated alkanes) is 2. The van der Waals surface area contributed by atoms with E-state index in [1.54, 1.807) is 0 Å². The van der Waals surface area contributed by atoms with Crippen molar-refractivity contribution in [2.24, 2.45) is 0 Å². The molecule has 0 N–H and O–H groups in total. The zero-order chi connectivity index (χ0) is 22.8. The lowest BCUT2D eigenvalue weighted by Crippen LogP contribution is -1.92. The Hall–Kier alpha value is -3.36. The molecule has 0 saturated heterocycles. The van der Waals surface area contributed by atoms with E-state index in [1.807, 2.05) is 48.5 Å². The van der Waals surface area contributed by atoms with E-state index in [0.29, 0.717) is 0 Å². The number of benzene rings is 3.